The third-order valence-corrected chi connectivity index (χ3v) is 4.69. The van der Waals surface area contributed by atoms with E-state index < -0.39 is 10.0 Å². The molecule has 2 heterocycles. The molecule has 0 spiro atoms. The van der Waals surface area contributed by atoms with E-state index in [1.54, 1.807) is 6.07 Å². The van der Waals surface area contributed by atoms with Crippen LogP contribution < -0.4 is 4.72 Å². The lowest BCUT2D eigenvalue weighted by atomic mass is 10.0. The average molecular weight is 281 g/mol. The second-order valence-electron chi connectivity index (χ2n) is 4.44. The largest absolute Gasteiger partial charge is 0.378 e. The number of aromatic nitrogens is 1. The van der Waals surface area contributed by atoms with Crippen molar-refractivity contribution < 1.29 is 13.2 Å². The normalized spacial score (nSPS) is 23.2. The van der Waals surface area contributed by atoms with Gasteiger partial charge in [0.1, 0.15) is 11.0 Å². The van der Waals surface area contributed by atoms with Crippen molar-refractivity contribution in [3.8, 4) is 6.07 Å². The Hall–Kier alpha value is -1.49. The molecule has 1 aromatic heterocycles. The van der Waals surface area contributed by atoms with Gasteiger partial charge in [-0.2, -0.15) is 5.26 Å². The van der Waals surface area contributed by atoms with Crippen molar-refractivity contribution >= 4 is 10.0 Å². The van der Waals surface area contributed by atoms with Crippen LogP contribution in [0.3, 0.4) is 0 Å². The smallest absolute Gasteiger partial charge is 0.243 e. The zero-order valence-electron chi connectivity index (χ0n) is 10.5. The molecule has 19 heavy (non-hydrogen) atoms. The molecule has 2 unspecified atom stereocenters. The van der Waals surface area contributed by atoms with Gasteiger partial charge in [0.25, 0.3) is 0 Å². The first-order valence-corrected chi connectivity index (χ1v) is 7.49. The van der Waals surface area contributed by atoms with E-state index in [0.29, 0.717) is 13.2 Å². The van der Waals surface area contributed by atoms with Crippen molar-refractivity contribution in [3.63, 3.8) is 0 Å². The molecule has 1 aliphatic rings. The van der Waals surface area contributed by atoms with Crippen LogP contribution in [0.1, 0.15) is 19.0 Å². The van der Waals surface area contributed by atoms with Crippen molar-refractivity contribution in [2.24, 2.45) is 5.92 Å². The molecule has 2 atom stereocenters. The molecule has 7 heteroatoms. The van der Waals surface area contributed by atoms with E-state index in [1.165, 1.54) is 18.3 Å². The van der Waals surface area contributed by atoms with Crippen LogP contribution >= 0.6 is 0 Å². The predicted octanol–water partition coefficient (Wildman–Crippen LogP) is 0.657. The SMILES string of the molecule is CC1OCCC1CNS(=O)(=O)c1cccnc1C#N. The molecule has 0 saturated carbocycles. The van der Waals surface area contributed by atoms with E-state index in [0.717, 1.165) is 6.42 Å². The fourth-order valence-corrected chi connectivity index (χ4v) is 3.23. The number of nitrogens with one attached hydrogen (secondary N) is 1. The highest BCUT2D eigenvalue weighted by atomic mass is 32.2. The number of rotatable bonds is 4. The first-order valence-electron chi connectivity index (χ1n) is 6.01. The van der Waals surface area contributed by atoms with Gasteiger partial charge in [0.15, 0.2) is 5.69 Å². The zero-order chi connectivity index (χ0) is 13.9. The highest BCUT2D eigenvalue weighted by Crippen LogP contribution is 2.20. The third-order valence-electron chi connectivity index (χ3n) is 3.23. The van der Waals surface area contributed by atoms with Crippen molar-refractivity contribution in [2.75, 3.05) is 13.2 Å². The Morgan fingerprint density at radius 3 is 3.05 bits per heavy atom. The molecule has 0 aromatic carbocycles. The average Bonchev–Trinajstić information content (AvgIpc) is 2.82. The predicted molar refractivity (Wildman–Crippen MR) is 67.7 cm³/mol. The van der Waals surface area contributed by atoms with Gasteiger partial charge in [0, 0.05) is 25.3 Å². The van der Waals surface area contributed by atoms with Gasteiger partial charge >= 0.3 is 0 Å². The molecule has 1 aliphatic heterocycles. The Bertz CT molecular complexity index is 594. The van der Waals surface area contributed by atoms with Crippen LogP contribution in [-0.2, 0) is 14.8 Å². The van der Waals surface area contributed by atoms with Gasteiger partial charge in [0.05, 0.1) is 6.10 Å². The van der Waals surface area contributed by atoms with Crippen LogP contribution in [0.15, 0.2) is 23.2 Å². The summed E-state index contributed by atoms with van der Waals surface area (Å²) in [7, 11) is -3.70. The third kappa shape index (κ3) is 3.10. The summed E-state index contributed by atoms with van der Waals surface area (Å²) in [6.07, 6.45) is 2.28. The molecular weight excluding hydrogens is 266 g/mol. The first-order chi connectivity index (χ1) is 9.04. The molecule has 6 nitrogen and oxygen atoms in total. The van der Waals surface area contributed by atoms with Gasteiger partial charge in [0.2, 0.25) is 10.0 Å². The molecule has 0 radical (unpaired) electrons. The zero-order valence-corrected chi connectivity index (χ0v) is 11.4. The Morgan fingerprint density at radius 1 is 1.63 bits per heavy atom. The molecule has 1 saturated heterocycles. The van der Waals surface area contributed by atoms with Crippen molar-refractivity contribution in [3.05, 3.63) is 24.0 Å². The molecule has 0 aliphatic carbocycles. The fourth-order valence-electron chi connectivity index (χ4n) is 2.03. The minimum Gasteiger partial charge on any atom is -0.378 e. The maximum absolute atomic E-state index is 12.1. The lowest BCUT2D eigenvalue weighted by Gasteiger charge is -2.15. The molecular formula is C12H15N3O3S. The van der Waals surface area contributed by atoms with Crippen LogP contribution in [0.4, 0.5) is 0 Å². The summed E-state index contributed by atoms with van der Waals surface area (Å²) in [4.78, 5) is 3.67. The van der Waals surface area contributed by atoms with Gasteiger partial charge in [-0.15, -0.1) is 0 Å². The Kier molecular flexibility index (Phi) is 4.14. The highest BCUT2D eigenvalue weighted by molar-refractivity contribution is 7.89. The van der Waals surface area contributed by atoms with Gasteiger partial charge in [-0.3, -0.25) is 0 Å². The standard InChI is InChI=1S/C12H15N3O3S/c1-9-10(4-6-18-9)8-15-19(16,17)12-3-2-5-14-11(12)7-13/h2-3,5,9-10,15H,4,6,8H2,1H3. The molecule has 0 bridgehead atoms. The summed E-state index contributed by atoms with van der Waals surface area (Å²) in [5.41, 5.74) is -0.0919. The van der Waals surface area contributed by atoms with Crippen LogP contribution in [0, 0.1) is 17.2 Å². The molecule has 1 aromatic rings. The quantitative estimate of drug-likeness (QED) is 0.875. The minimum atomic E-state index is -3.70. The number of ether oxygens (including phenoxy) is 1. The lowest BCUT2D eigenvalue weighted by Crippen LogP contribution is -2.32. The second kappa shape index (κ2) is 5.65. The summed E-state index contributed by atoms with van der Waals surface area (Å²) in [5.74, 6) is 0.164. The van der Waals surface area contributed by atoms with Gasteiger partial charge in [-0.05, 0) is 25.5 Å². The number of nitriles is 1. The number of sulfonamides is 1. The van der Waals surface area contributed by atoms with Gasteiger partial charge in [-0.1, -0.05) is 0 Å². The molecule has 0 amide bonds. The molecule has 1 fully saturated rings. The monoisotopic (exact) mass is 281 g/mol. The maximum atomic E-state index is 12.1. The summed E-state index contributed by atoms with van der Waals surface area (Å²) in [5, 5.41) is 8.88. The highest BCUT2D eigenvalue weighted by Gasteiger charge is 2.27. The second-order valence-corrected chi connectivity index (χ2v) is 6.17. The number of hydrogen-bond acceptors (Lipinski definition) is 5. The van der Waals surface area contributed by atoms with Crippen LogP contribution in [0.25, 0.3) is 0 Å². The van der Waals surface area contributed by atoms with Crippen molar-refractivity contribution in [2.45, 2.75) is 24.3 Å². The first kappa shape index (κ1) is 13.9. The maximum Gasteiger partial charge on any atom is 0.243 e. The molecule has 1 N–H and O–H groups in total. The van der Waals surface area contributed by atoms with E-state index in [9.17, 15) is 8.42 Å². The van der Waals surface area contributed by atoms with Crippen LogP contribution in [-0.4, -0.2) is 32.7 Å². The summed E-state index contributed by atoms with van der Waals surface area (Å²) in [6.45, 7) is 2.89. The Morgan fingerprint density at radius 2 is 2.42 bits per heavy atom. The Balaban J connectivity index is 2.12. The van der Waals surface area contributed by atoms with E-state index in [4.69, 9.17) is 10.00 Å². The number of nitrogens with zero attached hydrogens (tertiary/aromatic N) is 2. The van der Waals surface area contributed by atoms with Crippen molar-refractivity contribution in [1.29, 1.82) is 5.26 Å². The Labute approximate surface area is 112 Å². The van der Waals surface area contributed by atoms with Crippen LogP contribution in [0.2, 0.25) is 0 Å². The van der Waals surface area contributed by atoms with E-state index in [-0.39, 0.29) is 22.6 Å². The summed E-state index contributed by atoms with van der Waals surface area (Å²) in [6, 6.07) is 4.66. The fraction of sp³-hybridized carbons (Fsp3) is 0.500. The minimum absolute atomic E-state index is 0.0482. The van der Waals surface area contributed by atoms with Crippen LogP contribution in [0.5, 0.6) is 0 Å². The number of pyridine rings is 1. The van der Waals surface area contributed by atoms with E-state index in [2.05, 4.69) is 9.71 Å². The van der Waals surface area contributed by atoms with Crippen molar-refractivity contribution in [1.82, 2.24) is 9.71 Å². The van der Waals surface area contributed by atoms with E-state index in [1.807, 2.05) is 6.92 Å². The van der Waals surface area contributed by atoms with Gasteiger partial charge in [-0.25, -0.2) is 18.1 Å². The van der Waals surface area contributed by atoms with E-state index >= 15 is 0 Å². The summed E-state index contributed by atoms with van der Waals surface area (Å²) >= 11 is 0. The van der Waals surface area contributed by atoms with Gasteiger partial charge < -0.3 is 4.74 Å². The molecule has 2 rings (SSSR count). The topological polar surface area (TPSA) is 92.1 Å². The lowest BCUT2D eigenvalue weighted by molar-refractivity contribution is 0.107. The summed E-state index contributed by atoms with van der Waals surface area (Å²) < 4.78 is 32.2. The molecule has 102 valence electrons. The number of hydrogen-bond donors (Lipinski definition) is 1.